The second kappa shape index (κ2) is 6.77. The molecule has 0 unspecified atom stereocenters. The van der Waals surface area contributed by atoms with E-state index in [-0.39, 0.29) is 11.5 Å². The van der Waals surface area contributed by atoms with Crippen LogP contribution in [0.2, 0.25) is 0 Å². The molecule has 21 heavy (non-hydrogen) atoms. The summed E-state index contributed by atoms with van der Waals surface area (Å²) in [5.41, 5.74) is 6.38. The van der Waals surface area contributed by atoms with Crippen molar-refractivity contribution in [3.8, 4) is 11.8 Å². The highest BCUT2D eigenvalue weighted by molar-refractivity contribution is 7.18. The molecular formula is C15H15N3O2S. The number of Topliss-reactive ketones (excluding diaryl/α,β-unsaturated/α-hetero) is 1. The van der Waals surface area contributed by atoms with Gasteiger partial charge in [-0.05, 0) is 12.1 Å². The van der Waals surface area contributed by atoms with Gasteiger partial charge in [0.2, 0.25) is 0 Å². The molecule has 0 bridgehead atoms. The van der Waals surface area contributed by atoms with Crippen LogP contribution in [0, 0.1) is 11.3 Å². The highest BCUT2D eigenvalue weighted by Crippen LogP contribution is 2.35. The van der Waals surface area contributed by atoms with E-state index in [0.29, 0.717) is 28.6 Å². The first-order valence-corrected chi connectivity index (χ1v) is 7.20. The van der Waals surface area contributed by atoms with Crippen molar-refractivity contribution >= 4 is 27.8 Å². The Morgan fingerprint density at radius 3 is 2.76 bits per heavy atom. The van der Waals surface area contributed by atoms with Crippen molar-refractivity contribution in [1.29, 1.82) is 5.26 Å². The lowest BCUT2D eigenvalue weighted by Gasteiger charge is -2.07. The van der Waals surface area contributed by atoms with Gasteiger partial charge < -0.3 is 15.8 Å². The van der Waals surface area contributed by atoms with Crippen LogP contribution in [-0.2, 0) is 0 Å². The first-order chi connectivity index (χ1) is 10.1. The van der Waals surface area contributed by atoms with E-state index in [9.17, 15) is 4.79 Å². The zero-order chi connectivity index (χ0) is 15.2. The van der Waals surface area contributed by atoms with Crippen molar-refractivity contribution < 1.29 is 9.53 Å². The van der Waals surface area contributed by atoms with Crippen molar-refractivity contribution in [2.24, 2.45) is 0 Å². The molecule has 5 nitrogen and oxygen atoms in total. The molecule has 0 spiro atoms. The Morgan fingerprint density at radius 1 is 1.43 bits per heavy atom. The number of hydrogen-bond donors (Lipinski definition) is 2. The van der Waals surface area contributed by atoms with Gasteiger partial charge in [-0.15, -0.1) is 11.3 Å². The second-order valence-electron chi connectivity index (χ2n) is 4.31. The van der Waals surface area contributed by atoms with Gasteiger partial charge in [-0.3, -0.25) is 4.79 Å². The van der Waals surface area contributed by atoms with Crippen molar-refractivity contribution in [2.45, 2.75) is 6.92 Å². The molecule has 2 rings (SSSR count). The van der Waals surface area contributed by atoms with Gasteiger partial charge >= 0.3 is 0 Å². The zero-order valence-corrected chi connectivity index (χ0v) is 12.4. The van der Waals surface area contributed by atoms with Gasteiger partial charge in [0.05, 0.1) is 10.6 Å². The van der Waals surface area contributed by atoms with Gasteiger partial charge in [0, 0.05) is 13.5 Å². The molecule has 0 amide bonds. The van der Waals surface area contributed by atoms with Gasteiger partial charge in [-0.25, -0.2) is 0 Å². The summed E-state index contributed by atoms with van der Waals surface area (Å²) < 4.78 is 5.55. The molecule has 1 aromatic carbocycles. The van der Waals surface area contributed by atoms with Gasteiger partial charge in [0.25, 0.3) is 0 Å². The summed E-state index contributed by atoms with van der Waals surface area (Å²) in [6, 6.07) is 11.5. The van der Waals surface area contributed by atoms with Crippen LogP contribution in [0.4, 0.5) is 10.7 Å². The number of nitrogens with two attached hydrogens (primary N) is 1. The van der Waals surface area contributed by atoms with E-state index in [4.69, 9.17) is 15.7 Å². The SMILES string of the molecule is CC(=O)c1sc(NCCOc2ccccc2)c(C#N)c1N. The number of nitrogens with zero attached hydrogens (tertiary/aromatic N) is 1. The Labute approximate surface area is 127 Å². The number of rotatable bonds is 6. The minimum Gasteiger partial charge on any atom is -0.492 e. The zero-order valence-electron chi connectivity index (χ0n) is 11.6. The number of carbonyl (C=O) groups is 1. The fourth-order valence-corrected chi connectivity index (χ4v) is 2.78. The number of nitrogens with one attached hydrogen (secondary N) is 1. The number of carbonyl (C=O) groups excluding carboxylic acids is 1. The summed E-state index contributed by atoms with van der Waals surface area (Å²) in [5.74, 6) is 0.650. The molecule has 2 aromatic rings. The monoisotopic (exact) mass is 301 g/mol. The number of ketones is 1. The third kappa shape index (κ3) is 3.52. The van der Waals surface area contributed by atoms with Crippen LogP contribution in [0.5, 0.6) is 5.75 Å². The summed E-state index contributed by atoms with van der Waals surface area (Å²) in [4.78, 5) is 11.8. The summed E-state index contributed by atoms with van der Waals surface area (Å²) in [6.45, 7) is 2.40. The van der Waals surface area contributed by atoms with Gasteiger partial charge in [-0.2, -0.15) is 5.26 Å². The molecule has 0 fully saturated rings. The van der Waals surface area contributed by atoms with Crippen LogP contribution < -0.4 is 15.8 Å². The predicted molar refractivity (Wildman–Crippen MR) is 83.9 cm³/mol. The number of nitriles is 1. The number of para-hydroxylation sites is 1. The van der Waals surface area contributed by atoms with E-state index in [1.54, 1.807) is 0 Å². The van der Waals surface area contributed by atoms with E-state index in [2.05, 4.69) is 5.32 Å². The maximum absolute atomic E-state index is 11.4. The van der Waals surface area contributed by atoms with Crippen LogP contribution in [0.15, 0.2) is 30.3 Å². The number of nitrogen functional groups attached to an aromatic ring is 1. The first kappa shape index (κ1) is 14.9. The van der Waals surface area contributed by atoms with E-state index in [0.717, 1.165) is 5.75 Å². The van der Waals surface area contributed by atoms with Crippen LogP contribution in [0.3, 0.4) is 0 Å². The van der Waals surface area contributed by atoms with Crippen molar-refractivity contribution in [1.82, 2.24) is 0 Å². The smallest absolute Gasteiger partial charge is 0.171 e. The molecule has 0 saturated carbocycles. The fraction of sp³-hybridized carbons (Fsp3) is 0.200. The minimum atomic E-state index is -0.136. The van der Waals surface area contributed by atoms with Crippen LogP contribution in [0.25, 0.3) is 0 Å². The van der Waals surface area contributed by atoms with Crippen LogP contribution >= 0.6 is 11.3 Å². The Kier molecular flexibility index (Phi) is 4.80. The average molecular weight is 301 g/mol. The predicted octanol–water partition coefficient (Wildman–Crippen LogP) is 2.90. The maximum atomic E-state index is 11.4. The molecule has 0 saturated heterocycles. The Balaban J connectivity index is 1.96. The molecule has 1 aromatic heterocycles. The Bertz CT molecular complexity index is 674. The standard InChI is InChI=1S/C15H15N3O2S/c1-10(19)14-13(17)12(9-16)15(21-14)18-7-8-20-11-5-3-2-4-6-11/h2-6,18H,7-8,17H2,1H3. The Morgan fingerprint density at radius 2 is 2.14 bits per heavy atom. The van der Waals surface area contributed by atoms with E-state index in [1.807, 2.05) is 36.4 Å². The van der Waals surface area contributed by atoms with Crippen LogP contribution in [-0.4, -0.2) is 18.9 Å². The van der Waals surface area contributed by atoms with Crippen molar-refractivity contribution in [3.05, 3.63) is 40.8 Å². The summed E-state index contributed by atoms with van der Waals surface area (Å²) in [5, 5.41) is 12.8. The molecule has 0 atom stereocenters. The minimum absolute atomic E-state index is 0.136. The summed E-state index contributed by atoms with van der Waals surface area (Å²) in [6.07, 6.45) is 0. The van der Waals surface area contributed by atoms with E-state index >= 15 is 0 Å². The first-order valence-electron chi connectivity index (χ1n) is 6.38. The van der Waals surface area contributed by atoms with E-state index in [1.165, 1.54) is 18.3 Å². The molecule has 108 valence electrons. The lowest BCUT2D eigenvalue weighted by molar-refractivity contribution is 0.102. The average Bonchev–Trinajstić information content (AvgIpc) is 2.81. The molecular weight excluding hydrogens is 286 g/mol. The number of ether oxygens (including phenoxy) is 1. The fourth-order valence-electron chi connectivity index (χ4n) is 1.79. The second-order valence-corrected chi connectivity index (χ2v) is 5.33. The largest absolute Gasteiger partial charge is 0.492 e. The molecule has 1 heterocycles. The van der Waals surface area contributed by atoms with Crippen LogP contribution in [0.1, 0.15) is 22.2 Å². The normalized spacial score (nSPS) is 9.90. The summed E-state index contributed by atoms with van der Waals surface area (Å²) in [7, 11) is 0. The number of hydrogen-bond acceptors (Lipinski definition) is 6. The molecule has 0 aliphatic rings. The van der Waals surface area contributed by atoms with Gasteiger partial charge in [0.1, 0.15) is 29.0 Å². The lowest BCUT2D eigenvalue weighted by atomic mass is 10.2. The number of benzene rings is 1. The lowest BCUT2D eigenvalue weighted by Crippen LogP contribution is -2.11. The van der Waals surface area contributed by atoms with Gasteiger partial charge in [0.15, 0.2) is 5.78 Å². The van der Waals surface area contributed by atoms with Crippen molar-refractivity contribution in [3.63, 3.8) is 0 Å². The topological polar surface area (TPSA) is 88.1 Å². The molecule has 0 aliphatic heterocycles. The third-order valence-electron chi connectivity index (χ3n) is 2.78. The highest BCUT2D eigenvalue weighted by atomic mass is 32.1. The van der Waals surface area contributed by atoms with Gasteiger partial charge in [-0.1, -0.05) is 18.2 Å². The molecule has 0 radical (unpaired) electrons. The number of thiophene rings is 1. The summed E-state index contributed by atoms with van der Waals surface area (Å²) >= 11 is 1.20. The number of anilines is 2. The molecule has 6 heteroatoms. The quantitative estimate of drug-likeness (QED) is 0.632. The van der Waals surface area contributed by atoms with E-state index < -0.39 is 0 Å². The Hall–Kier alpha value is -2.52. The van der Waals surface area contributed by atoms with Crippen molar-refractivity contribution in [2.75, 3.05) is 24.2 Å². The molecule has 0 aliphatic carbocycles. The third-order valence-corrected chi connectivity index (χ3v) is 4.04. The maximum Gasteiger partial charge on any atom is 0.171 e. The molecule has 3 N–H and O–H groups in total. The highest BCUT2D eigenvalue weighted by Gasteiger charge is 2.18.